The van der Waals surface area contributed by atoms with Crippen molar-refractivity contribution in [2.24, 2.45) is 0 Å². The third kappa shape index (κ3) is 1.39. The molecule has 1 aliphatic rings. The van der Waals surface area contributed by atoms with E-state index < -0.39 is 6.10 Å². The highest BCUT2D eigenvalue weighted by Crippen LogP contribution is 2.38. The highest BCUT2D eigenvalue weighted by molar-refractivity contribution is 5.68. The van der Waals surface area contributed by atoms with Crippen LogP contribution in [0.3, 0.4) is 0 Å². The number of benzene rings is 2. The zero-order valence-electron chi connectivity index (χ0n) is 10.2. The van der Waals surface area contributed by atoms with E-state index in [-0.39, 0.29) is 0 Å². The summed E-state index contributed by atoms with van der Waals surface area (Å²) in [6.45, 7) is 0. The van der Waals surface area contributed by atoms with Gasteiger partial charge in [0.2, 0.25) is 0 Å². The Labute approximate surface area is 110 Å². The van der Waals surface area contributed by atoms with Gasteiger partial charge in [0.25, 0.3) is 0 Å². The van der Waals surface area contributed by atoms with E-state index >= 15 is 0 Å². The summed E-state index contributed by atoms with van der Waals surface area (Å²) < 4.78 is 2.03. The fraction of sp³-hybridized carbons (Fsp3) is 0.0625. The first-order chi connectivity index (χ1) is 9.36. The van der Waals surface area contributed by atoms with Gasteiger partial charge in [-0.15, -0.1) is 0 Å². The first kappa shape index (κ1) is 10.5. The molecule has 0 amide bonds. The molecule has 0 bridgehead atoms. The summed E-state index contributed by atoms with van der Waals surface area (Å²) in [4.78, 5) is 4.44. The summed E-state index contributed by atoms with van der Waals surface area (Å²) in [5.74, 6) is 0.875. The smallest absolute Gasteiger partial charge is 0.144 e. The molecule has 19 heavy (non-hydrogen) atoms. The van der Waals surface area contributed by atoms with Crippen molar-refractivity contribution in [3.63, 3.8) is 0 Å². The minimum Gasteiger partial charge on any atom is -0.384 e. The summed E-state index contributed by atoms with van der Waals surface area (Å²) in [6.07, 6.45) is 3.11. The molecule has 0 radical (unpaired) electrons. The van der Waals surface area contributed by atoms with Gasteiger partial charge in [0, 0.05) is 23.5 Å². The first-order valence-corrected chi connectivity index (χ1v) is 6.26. The van der Waals surface area contributed by atoms with Gasteiger partial charge in [0.1, 0.15) is 11.9 Å². The molecule has 2 aromatic carbocycles. The molecule has 0 saturated carbocycles. The van der Waals surface area contributed by atoms with E-state index in [4.69, 9.17) is 0 Å². The Kier molecular flexibility index (Phi) is 2.11. The first-order valence-electron chi connectivity index (χ1n) is 6.26. The molecule has 0 saturated heterocycles. The molecule has 4 rings (SSSR count). The highest BCUT2D eigenvalue weighted by Gasteiger charge is 2.25. The van der Waals surface area contributed by atoms with Crippen LogP contribution in [0.2, 0.25) is 0 Å². The summed E-state index contributed by atoms with van der Waals surface area (Å²) >= 11 is 0. The van der Waals surface area contributed by atoms with E-state index in [1.807, 2.05) is 59.3 Å². The average molecular weight is 248 g/mol. The predicted octanol–water partition coefficient (Wildman–Crippen LogP) is 2.93. The summed E-state index contributed by atoms with van der Waals surface area (Å²) in [6, 6.07) is 15.8. The van der Waals surface area contributed by atoms with Crippen LogP contribution in [0, 0.1) is 0 Å². The van der Waals surface area contributed by atoms with Gasteiger partial charge in [0.05, 0.1) is 5.69 Å². The molecule has 3 aromatic rings. The zero-order chi connectivity index (χ0) is 12.8. The third-order valence-corrected chi connectivity index (χ3v) is 3.63. The quantitative estimate of drug-likeness (QED) is 0.664. The number of aliphatic hydroxyl groups is 1. The molecule has 1 atom stereocenters. The van der Waals surface area contributed by atoms with Crippen molar-refractivity contribution in [1.29, 1.82) is 0 Å². The van der Waals surface area contributed by atoms with E-state index in [2.05, 4.69) is 4.98 Å². The molecule has 0 fully saturated rings. The Hall–Kier alpha value is -2.39. The second kappa shape index (κ2) is 3.80. The van der Waals surface area contributed by atoms with Crippen molar-refractivity contribution in [3.8, 4) is 17.1 Å². The molecule has 0 aliphatic carbocycles. The largest absolute Gasteiger partial charge is 0.384 e. The lowest BCUT2D eigenvalue weighted by Gasteiger charge is -2.13. The minimum atomic E-state index is -0.617. The van der Waals surface area contributed by atoms with Crippen LogP contribution in [0.5, 0.6) is 0 Å². The number of para-hydroxylation sites is 1. The lowest BCUT2D eigenvalue weighted by atomic mass is 9.97. The monoisotopic (exact) mass is 248 g/mol. The van der Waals surface area contributed by atoms with Gasteiger partial charge in [0.15, 0.2) is 0 Å². The number of hydrogen-bond donors (Lipinski definition) is 1. The number of fused-ring (bicyclic) bond motifs is 5. The summed E-state index contributed by atoms with van der Waals surface area (Å²) in [5.41, 5.74) is 3.78. The number of aliphatic hydroxyl groups excluding tert-OH is 1. The molecule has 3 nitrogen and oxygen atoms in total. The normalized spacial score (nSPS) is 16.2. The van der Waals surface area contributed by atoms with Crippen LogP contribution in [-0.2, 0) is 0 Å². The van der Waals surface area contributed by atoms with Gasteiger partial charge in [-0.05, 0) is 11.6 Å². The molecular formula is C16H12N2O. The summed E-state index contributed by atoms with van der Waals surface area (Å²) in [5, 5.41) is 10.6. The summed E-state index contributed by atoms with van der Waals surface area (Å²) in [7, 11) is 0. The maximum Gasteiger partial charge on any atom is 0.144 e. The predicted molar refractivity (Wildman–Crippen MR) is 73.1 cm³/mol. The minimum absolute atomic E-state index is 0.617. The van der Waals surface area contributed by atoms with Crippen LogP contribution in [0.4, 0.5) is 0 Å². The third-order valence-electron chi connectivity index (χ3n) is 3.63. The van der Waals surface area contributed by atoms with Crippen LogP contribution in [-0.4, -0.2) is 14.7 Å². The average Bonchev–Trinajstić information content (AvgIpc) is 2.92. The second-order valence-corrected chi connectivity index (χ2v) is 4.67. The highest BCUT2D eigenvalue weighted by atomic mass is 16.3. The Balaban J connectivity index is 2.15. The van der Waals surface area contributed by atoms with E-state index in [0.29, 0.717) is 0 Å². The molecule has 1 N–H and O–H groups in total. The van der Waals surface area contributed by atoms with Crippen molar-refractivity contribution in [2.45, 2.75) is 6.10 Å². The maximum absolute atomic E-state index is 10.6. The van der Waals surface area contributed by atoms with Crippen LogP contribution in [0.1, 0.15) is 17.2 Å². The number of aromatic nitrogens is 2. The van der Waals surface area contributed by atoms with Gasteiger partial charge in [-0.3, -0.25) is 4.57 Å². The van der Waals surface area contributed by atoms with E-state index in [1.54, 1.807) is 6.20 Å². The van der Waals surface area contributed by atoms with Crippen molar-refractivity contribution < 1.29 is 5.11 Å². The van der Waals surface area contributed by atoms with E-state index in [9.17, 15) is 5.11 Å². The van der Waals surface area contributed by atoms with Crippen molar-refractivity contribution in [1.82, 2.24) is 9.55 Å². The molecular weight excluding hydrogens is 236 g/mol. The second-order valence-electron chi connectivity index (χ2n) is 4.67. The van der Waals surface area contributed by atoms with Crippen LogP contribution in [0.25, 0.3) is 17.1 Å². The fourth-order valence-corrected chi connectivity index (χ4v) is 2.74. The molecule has 1 aromatic heterocycles. The van der Waals surface area contributed by atoms with Crippen molar-refractivity contribution in [2.75, 3.05) is 0 Å². The lowest BCUT2D eigenvalue weighted by molar-refractivity contribution is 0.221. The SMILES string of the molecule is OC1c2ccccc2-c2nccn2-c2ccccc21. The number of rotatable bonds is 0. The number of nitrogens with zero attached hydrogens (tertiary/aromatic N) is 2. The Morgan fingerprint density at radius 1 is 0.947 bits per heavy atom. The lowest BCUT2D eigenvalue weighted by Crippen LogP contribution is -2.02. The molecule has 92 valence electrons. The number of imidazole rings is 1. The molecule has 2 heterocycles. The maximum atomic E-state index is 10.6. The fourth-order valence-electron chi connectivity index (χ4n) is 2.74. The van der Waals surface area contributed by atoms with Gasteiger partial charge < -0.3 is 5.11 Å². The van der Waals surface area contributed by atoms with Gasteiger partial charge in [-0.25, -0.2) is 4.98 Å². The molecule has 0 spiro atoms. The van der Waals surface area contributed by atoms with Crippen molar-refractivity contribution >= 4 is 0 Å². The van der Waals surface area contributed by atoms with Crippen molar-refractivity contribution in [3.05, 3.63) is 72.1 Å². The Morgan fingerprint density at radius 2 is 1.68 bits per heavy atom. The van der Waals surface area contributed by atoms with E-state index in [0.717, 1.165) is 28.2 Å². The van der Waals surface area contributed by atoms with E-state index in [1.165, 1.54) is 0 Å². The van der Waals surface area contributed by atoms with Gasteiger partial charge in [-0.1, -0.05) is 42.5 Å². The Morgan fingerprint density at radius 3 is 2.58 bits per heavy atom. The van der Waals surface area contributed by atoms with Crippen LogP contribution >= 0.6 is 0 Å². The number of hydrogen-bond acceptors (Lipinski definition) is 2. The molecule has 3 heteroatoms. The zero-order valence-corrected chi connectivity index (χ0v) is 10.2. The van der Waals surface area contributed by atoms with Crippen LogP contribution < -0.4 is 0 Å². The van der Waals surface area contributed by atoms with Crippen LogP contribution in [0.15, 0.2) is 60.9 Å². The standard InChI is InChI=1S/C16H12N2O/c19-15-11-5-1-2-6-12(11)16-17-9-10-18(16)14-8-4-3-7-13(14)15/h1-10,15,19H. The van der Waals surface area contributed by atoms with Gasteiger partial charge in [-0.2, -0.15) is 0 Å². The molecule has 1 unspecified atom stereocenters. The van der Waals surface area contributed by atoms with Gasteiger partial charge >= 0.3 is 0 Å². The Bertz CT molecular complexity index is 699. The topological polar surface area (TPSA) is 38.1 Å². The molecule has 1 aliphatic heterocycles.